The molecule has 0 radical (unpaired) electrons. The van der Waals surface area contributed by atoms with Crippen molar-refractivity contribution < 1.29 is 9.30 Å². The Balaban J connectivity index is 1.31. The van der Waals surface area contributed by atoms with Gasteiger partial charge in [0, 0.05) is 74.1 Å². The van der Waals surface area contributed by atoms with Crippen LogP contribution in [0.25, 0.3) is 0 Å². The maximum atomic E-state index is 12.9. The van der Waals surface area contributed by atoms with Crippen LogP contribution >= 0.6 is 7.14 Å². The fraction of sp³-hybridized carbons (Fsp3) is 0.500. The minimum Gasteiger partial charge on any atom is -0.489 e. The van der Waals surface area contributed by atoms with Crippen LogP contribution in [0.5, 0.6) is 5.75 Å². The van der Waals surface area contributed by atoms with E-state index in [1.165, 1.54) is 44.7 Å². The molecule has 10 heteroatoms. The summed E-state index contributed by atoms with van der Waals surface area (Å²) in [4.78, 5) is 16.9. The molecular formula is C32H46N7O2P. The van der Waals surface area contributed by atoms with Crippen molar-refractivity contribution in [2.75, 3.05) is 75.2 Å². The summed E-state index contributed by atoms with van der Waals surface area (Å²) in [6.07, 6.45) is 4.19. The van der Waals surface area contributed by atoms with Crippen LogP contribution in [0.15, 0.2) is 48.7 Å². The van der Waals surface area contributed by atoms with Crippen molar-refractivity contribution in [1.29, 1.82) is 0 Å². The number of anilines is 5. The molecule has 0 bridgehead atoms. The third-order valence-corrected chi connectivity index (χ3v) is 9.72. The summed E-state index contributed by atoms with van der Waals surface area (Å²) in [5.41, 5.74) is 3.69. The number of para-hydroxylation sites is 1. The Kier molecular flexibility index (Phi) is 9.41. The normalized spacial score (nSPS) is 17.5. The predicted octanol–water partition coefficient (Wildman–Crippen LogP) is 5.52. The molecule has 9 nitrogen and oxygen atoms in total. The largest absolute Gasteiger partial charge is 0.489 e. The van der Waals surface area contributed by atoms with Gasteiger partial charge in [-0.1, -0.05) is 12.1 Å². The molecule has 2 aliphatic rings. The van der Waals surface area contributed by atoms with Gasteiger partial charge < -0.3 is 29.7 Å². The molecule has 226 valence electrons. The molecule has 3 aromatic rings. The van der Waals surface area contributed by atoms with Crippen LogP contribution in [-0.4, -0.2) is 91.6 Å². The number of benzene rings is 2. The summed E-state index contributed by atoms with van der Waals surface area (Å²) < 4.78 is 19.2. The van der Waals surface area contributed by atoms with Gasteiger partial charge in [-0.25, -0.2) is 4.98 Å². The highest BCUT2D eigenvalue weighted by molar-refractivity contribution is 7.70. The zero-order valence-corrected chi connectivity index (χ0v) is 26.8. The van der Waals surface area contributed by atoms with Crippen molar-refractivity contribution >= 4 is 41.3 Å². The monoisotopic (exact) mass is 591 g/mol. The lowest BCUT2D eigenvalue weighted by Crippen LogP contribution is -2.52. The van der Waals surface area contributed by atoms with Crippen molar-refractivity contribution in [2.24, 2.45) is 0 Å². The van der Waals surface area contributed by atoms with E-state index < -0.39 is 7.14 Å². The fourth-order valence-corrected chi connectivity index (χ4v) is 6.92. The van der Waals surface area contributed by atoms with Gasteiger partial charge in [0.1, 0.15) is 18.7 Å². The van der Waals surface area contributed by atoms with E-state index in [0.29, 0.717) is 17.8 Å². The van der Waals surface area contributed by atoms with Gasteiger partial charge in [-0.2, -0.15) is 4.98 Å². The lowest BCUT2D eigenvalue weighted by atomic mass is 10.0. The Labute approximate surface area is 251 Å². The predicted molar refractivity (Wildman–Crippen MR) is 175 cm³/mol. The second-order valence-electron chi connectivity index (χ2n) is 12.2. The minimum absolute atomic E-state index is 0.0233. The molecule has 0 saturated carbocycles. The number of piperazine rings is 1. The number of aryl methyl sites for hydroxylation is 1. The first kappa shape index (κ1) is 30.3. The average Bonchev–Trinajstić information content (AvgIpc) is 2.96. The smallest absolute Gasteiger partial charge is 0.229 e. The molecule has 2 N–H and O–H groups in total. The zero-order chi connectivity index (χ0) is 29.9. The van der Waals surface area contributed by atoms with Gasteiger partial charge in [0.25, 0.3) is 0 Å². The van der Waals surface area contributed by atoms with Gasteiger partial charge in [-0.05, 0) is 78.3 Å². The van der Waals surface area contributed by atoms with Crippen molar-refractivity contribution in [2.45, 2.75) is 45.8 Å². The van der Waals surface area contributed by atoms with E-state index in [2.05, 4.69) is 55.6 Å². The third-order valence-electron chi connectivity index (χ3n) is 8.17. The molecule has 5 rings (SSSR count). The number of ether oxygens (including phenoxy) is 1. The van der Waals surface area contributed by atoms with Crippen LogP contribution in [0.1, 0.15) is 32.3 Å². The molecule has 2 aliphatic heterocycles. The summed E-state index contributed by atoms with van der Waals surface area (Å²) in [7, 11) is -0.254. The number of piperidine rings is 1. The molecule has 2 saturated heterocycles. The summed E-state index contributed by atoms with van der Waals surface area (Å²) in [6.45, 7) is 16.4. The Bertz CT molecular complexity index is 1410. The van der Waals surface area contributed by atoms with E-state index in [1.807, 2.05) is 45.0 Å². The lowest BCUT2D eigenvalue weighted by molar-refractivity contribution is 0.0982. The summed E-state index contributed by atoms with van der Waals surface area (Å²) in [5.74, 6) is 1.91. The van der Waals surface area contributed by atoms with Crippen LogP contribution in [0.4, 0.5) is 28.8 Å². The van der Waals surface area contributed by atoms with Crippen molar-refractivity contribution in [3.8, 4) is 5.75 Å². The highest BCUT2D eigenvalue weighted by Gasteiger charge is 2.27. The van der Waals surface area contributed by atoms with Crippen LogP contribution < -0.4 is 25.6 Å². The van der Waals surface area contributed by atoms with Gasteiger partial charge in [-0.15, -0.1) is 0 Å². The molecule has 42 heavy (non-hydrogen) atoms. The van der Waals surface area contributed by atoms with Crippen LogP contribution in [0.2, 0.25) is 0 Å². The third kappa shape index (κ3) is 7.44. The molecule has 0 atom stereocenters. The molecule has 0 amide bonds. The second kappa shape index (κ2) is 13.0. The molecule has 2 aromatic carbocycles. The Hall–Kier alpha value is -3.13. The van der Waals surface area contributed by atoms with Crippen LogP contribution in [0, 0.1) is 6.92 Å². The number of rotatable bonds is 9. The average molecular weight is 592 g/mol. The first-order chi connectivity index (χ1) is 20.1. The van der Waals surface area contributed by atoms with E-state index in [1.54, 1.807) is 19.5 Å². The number of nitrogens with zero attached hydrogens (tertiary/aromatic N) is 5. The number of hydrogen-bond acceptors (Lipinski definition) is 9. The Morgan fingerprint density at radius 3 is 2.36 bits per heavy atom. The van der Waals surface area contributed by atoms with E-state index in [4.69, 9.17) is 9.72 Å². The summed E-state index contributed by atoms with van der Waals surface area (Å²) in [5, 5.41) is 7.58. The van der Waals surface area contributed by atoms with Gasteiger partial charge in [0.05, 0.1) is 17.5 Å². The summed E-state index contributed by atoms with van der Waals surface area (Å²) >= 11 is 0. The van der Waals surface area contributed by atoms with E-state index in [0.717, 1.165) is 41.1 Å². The van der Waals surface area contributed by atoms with Gasteiger partial charge in [-0.3, -0.25) is 4.90 Å². The van der Waals surface area contributed by atoms with Gasteiger partial charge >= 0.3 is 0 Å². The van der Waals surface area contributed by atoms with E-state index in [9.17, 15) is 4.57 Å². The zero-order valence-electron chi connectivity index (χ0n) is 25.9. The molecule has 1 aromatic heterocycles. The second-order valence-corrected chi connectivity index (χ2v) is 15.4. The maximum Gasteiger partial charge on any atom is 0.229 e. The van der Waals surface area contributed by atoms with Crippen LogP contribution in [-0.2, 0) is 4.57 Å². The highest BCUT2D eigenvalue weighted by Crippen LogP contribution is 2.39. The van der Waals surface area contributed by atoms with Crippen molar-refractivity contribution in [3.05, 3.63) is 54.2 Å². The Morgan fingerprint density at radius 2 is 1.67 bits per heavy atom. The number of aromatic nitrogens is 2. The first-order valence-corrected chi connectivity index (χ1v) is 17.7. The maximum absolute atomic E-state index is 12.9. The molecular weight excluding hydrogens is 545 g/mol. The number of nitrogens with one attached hydrogen (secondary N) is 2. The highest BCUT2D eigenvalue weighted by atomic mass is 31.2. The first-order valence-electron chi connectivity index (χ1n) is 15.1. The Morgan fingerprint density at radius 1 is 0.952 bits per heavy atom. The molecule has 0 aliphatic carbocycles. The van der Waals surface area contributed by atoms with Crippen LogP contribution in [0.3, 0.4) is 0 Å². The minimum atomic E-state index is -2.47. The molecule has 2 fully saturated rings. The van der Waals surface area contributed by atoms with Crippen molar-refractivity contribution in [1.82, 2.24) is 19.8 Å². The quantitative estimate of drug-likeness (QED) is 0.312. The topological polar surface area (TPSA) is 85.9 Å². The molecule has 0 spiro atoms. The molecule has 3 heterocycles. The van der Waals surface area contributed by atoms with Gasteiger partial charge in [0.15, 0.2) is 0 Å². The standard InChI is InChI=1S/C32H46N7O2P/c1-23(2)41-29-21-26(38-15-13-25(14-16-38)39-19-17-37(4)18-20-39)11-12-27(29)35-32-33-22-24(3)31(36-32)34-28-9-7-8-10-30(28)42(5,6)40/h7-12,21-23,25H,13-20H2,1-6H3,(H2,33,34,35,36). The van der Waals surface area contributed by atoms with Crippen molar-refractivity contribution in [3.63, 3.8) is 0 Å². The van der Waals surface area contributed by atoms with Gasteiger partial charge in [0.2, 0.25) is 5.95 Å². The fourth-order valence-electron chi connectivity index (χ4n) is 5.76. The van der Waals surface area contributed by atoms with E-state index >= 15 is 0 Å². The molecule has 0 unspecified atom stereocenters. The lowest BCUT2D eigenvalue weighted by Gasteiger charge is -2.42. The summed E-state index contributed by atoms with van der Waals surface area (Å²) in [6, 6.07) is 14.7. The number of hydrogen-bond donors (Lipinski definition) is 2. The SMILES string of the molecule is Cc1cnc(Nc2ccc(N3CCC(N4CCN(C)CC4)CC3)cc2OC(C)C)nc1Nc1ccccc1P(C)(C)=O. The number of likely N-dealkylation sites (N-methyl/N-ethyl adjacent to an activating group) is 1. The van der Waals surface area contributed by atoms with E-state index in [-0.39, 0.29) is 6.10 Å².